The number of ketones is 1. The van der Waals surface area contributed by atoms with Crippen LogP contribution in [-0.4, -0.2) is 52.3 Å². The van der Waals surface area contributed by atoms with Crippen molar-refractivity contribution in [3.8, 4) is 5.75 Å². The molecule has 0 aliphatic carbocycles. The highest BCUT2D eigenvalue weighted by atomic mass is 16.5. The Kier molecular flexibility index (Phi) is 5.30. The minimum absolute atomic E-state index is 0.402. The predicted octanol–water partition coefficient (Wildman–Crippen LogP) is 1.28. The first kappa shape index (κ1) is 15.5. The van der Waals surface area contributed by atoms with Gasteiger partial charge in [0.25, 0.3) is 11.7 Å². The van der Waals surface area contributed by atoms with Crippen LogP contribution in [0.4, 0.5) is 5.69 Å². The third-order valence-corrected chi connectivity index (χ3v) is 3.28. The Balaban J connectivity index is 1.96. The minimum atomic E-state index is -0.491. The molecule has 6 heteroatoms. The zero-order chi connectivity index (χ0) is 15.2. The van der Waals surface area contributed by atoms with Gasteiger partial charge in [-0.1, -0.05) is 0 Å². The number of fused-ring (bicyclic) bond motifs is 1. The van der Waals surface area contributed by atoms with E-state index in [0.29, 0.717) is 49.8 Å². The molecule has 1 amide bonds. The first-order valence-corrected chi connectivity index (χ1v) is 6.80. The number of carbonyl (C=O) groups excluding carboxylic acids is 2. The number of hydrogen-bond acceptors (Lipinski definition) is 5. The number of nitrogens with zero attached hydrogens (tertiary/aromatic N) is 1. The Morgan fingerprint density at radius 2 is 1.90 bits per heavy atom. The van der Waals surface area contributed by atoms with Gasteiger partial charge < -0.3 is 19.1 Å². The van der Waals surface area contributed by atoms with Gasteiger partial charge in [-0.2, -0.15) is 0 Å². The number of hydrogen-bond donors (Lipinski definition) is 0. The quantitative estimate of drug-likeness (QED) is 0.533. The lowest BCUT2D eigenvalue weighted by Crippen LogP contribution is -2.31. The second-order valence-corrected chi connectivity index (χ2v) is 4.63. The normalized spacial score (nSPS) is 13.7. The molecule has 1 heterocycles. The number of amides is 1. The van der Waals surface area contributed by atoms with E-state index in [4.69, 9.17) is 14.2 Å². The fourth-order valence-corrected chi connectivity index (χ4v) is 2.20. The molecule has 21 heavy (non-hydrogen) atoms. The van der Waals surface area contributed by atoms with E-state index in [9.17, 15) is 9.59 Å². The second-order valence-electron chi connectivity index (χ2n) is 4.63. The van der Waals surface area contributed by atoms with Gasteiger partial charge in [-0.05, 0) is 24.6 Å². The molecule has 1 aromatic rings. The van der Waals surface area contributed by atoms with Crippen molar-refractivity contribution in [3.63, 3.8) is 0 Å². The summed E-state index contributed by atoms with van der Waals surface area (Å²) in [6, 6.07) is 5.08. The summed E-state index contributed by atoms with van der Waals surface area (Å²) >= 11 is 0. The lowest BCUT2D eigenvalue weighted by molar-refractivity contribution is -0.114. The molecular weight excluding hydrogens is 274 g/mol. The largest absolute Gasteiger partial charge is 0.497 e. The average Bonchev–Trinajstić information content (AvgIpc) is 2.75. The van der Waals surface area contributed by atoms with Gasteiger partial charge in [-0.3, -0.25) is 9.59 Å². The molecule has 0 spiro atoms. The number of methoxy groups -OCH3 is 2. The van der Waals surface area contributed by atoms with Gasteiger partial charge in [0.15, 0.2) is 0 Å². The van der Waals surface area contributed by atoms with Gasteiger partial charge in [0, 0.05) is 20.3 Å². The molecule has 0 N–H and O–H groups in total. The minimum Gasteiger partial charge on any atom is -0.497 e. The number of benzene rings is 1. The fourth-order valence-electron chi connectivity index (χ4n) is 2.20. The Morgan fingerprint density at radius 1 is 1.10 bits per heavy atom. The van der Waals surface area contributed by atoms with Crippen LogP contribution in [0.25, 0.3) is 0 Å². The van der Waals surface area contributed by atoms with E-state index >= 15 is 0 Å². The Labute approximate surface area is 123 Å². The molecule has 0 radical (unpaired) electrons. The maximum atomic E-state index is 12.0. The van der Waals surface area contributed by atoms with E-state index in [2.05, 4.69) is 0 Å². The zero-order valence-electron chi connectivity index (χ0n) is 12.3. The summed E-state index contributed by atoms with van der Waals surface area (Å²) in [4.78, 5) is 25.5. The maximum Gasteiger partial charge on any atom is 0.299 e. The van der Waals surface area contributed by atoms with Gasteiger partial charge in [0.05, 0.1) is 31.6 Å². The van der Waals surface area contributed by atoms with E-state index in [1.54, 1.807) is 25.3 Å². The van der Waals surface area contributed by atoms with Crippen LogP contribution in [0.1, 0.15) is 16.8 Å². The molecule has 6 nitrogen and oxygen atoms in total. The van der Waals surface area contributed by atoms with Crippen molar-refractivity contribution in [3.05, 3.63) is 23.8 Å². The molecular formula is C15H19NO5. The molecule has 1 aromatic carbocycles. The first-order valence-electron chi connectivity index (χ1n) is 6.80. The summed E-state index contributed by atoms with van der Waals surface area (Å²) in [7, 11) is 3.14. The number of anilines is 1. The van der Waals surface area contributed by atoms with E-state index in [0.717, 1.165) is 0 Å². The van der Waals surface area contributed by atoms with Crippen molar-refractivity contribution in [2.75, 3.05) is 45.5 Å². The van der Waals surface area contributed by atoms with Crippen LogP contribution < -0.4 is 9.64 Å². The van der Waals surface area contributed by atoms with Gasteiger partial charge in [-0.15, -0.1) is 0 Å². The molecule has 0 bridgehead atoms. The van der Waals surface area contributed by atoms with Gasteiger partial charge >= 0.3 is 0 Å². The predicted molar refractivity (Wildman–Crippen MR) is 77.0 cm³/mol. The van der Waals surface area contributed by atoms with Crippen molar-refractivity contribution < 1.29 is 23.8 Å². The van der Waals surface area contributed by atoms with Crippen LogP contribution in [0.5, 0.6) is 5.75 Å². The van der Waals surface area contributed by atoms with Crippen LogP contribution in [0.15, 0.2) is 18.2 Å². The van der Waals surface area contributed by atoms with Crippen LogP contribution in [0.2, 0.25) is 0 Å². The molecule has 0 atom stereocenters. The molecule has 0 saturated heterocycles. The zero-order valence-corrected chi connectivity index (χ0v) is 12.3. The Bertz CT molecular complexity index is 529. The molecule has 114 valence electrons. The van der Waals surface area contributed by atoms with E-state index in [1.807, 2.05) is 0 Å². The van der Waals surface area contributed by atoms with Gasteiger partial charge in [0.2, 0.25) is 0 Å². The number of carbonyl (C=O) groups is 2. The molecule has 0 fully saturated rings. The van der Waals surface area contributed by atoms with Crippen molar-refractivity contribution in [1.82, 2.24) is 0 Å². The van der Waals surface area contributed by atoms with E-state index in [1.165, 1.54) is 12.0 Å². The summed E-state index contributed by atoms with van der Waals surface area (Å²) in [5.41, 5.74) is 1.04. The monoisotopic (exact) mass is 293 g/mol. The molecule has 1 aliphatic heterocycles. The van der Waals surface area contributed by atoms with Crippen molar-refractivity contribution in [1.29, 1.82) is 0 Å². The van der Waals surface area contributed by atoms with Crippen molar-refractivity contribution in [2.24, 2.45) is 0 Å². The summed E-state index contributed by atoms with van der Waals surface area (Å²) in [5, 5.41) is 0. The van der Waals surface area contributed by atoms with E-state index < -0.39 is 11.7 Å². The maximum absolute atomic E-state index is 12.0. The summed E-state index contributed by atoms with van der Waals surface area (Å²) < 4.78 is 15.3. The lowest BCUT2D eigenvalue weighted by atomic mass is 10.1. The smallest absolute Gasteiger partial charge is 0.299 e. The van der Waals surface area contributed by atoms with Gasteiger partial charge in [-0.25, -0.2) is 0 Å². The van der Waals surface area contributed by atoms with Crippen LogP contribution in [0.3, 0.4) is 0 Å². The highest BCUT2D eigenvalue weighted by molar-refractivity contribution is 6.52. The summed E-state index contributed by atoms with van der Waals surface area (Å²) in [6.45, 7) is 2.05. The first-order chi connectivity index (χ1) is 10.2. The Hall–Kier alpha value is -1.92. The molecule has 1 aliphatic rings. The average molecular weight is 293 g/mol. The second kappa shape index (κ2) is 7.19. The number of rotatable bonds is 8. The summed E-state index contributed by atoms with van der Waals surface area (Å²) in [5.74, 6) is -0.404. The van der Waals surface area contributed by atoms with Crippen LogP contribution in [-0.2, 0) is 14.3 Å². The molecule has 0 saturated carbocycles. The standard InChI is InChI=1S/C15H19NO5/c1-19-8-9-21-7-3-6-16-13-5-4-11(20-2)10-12(13)14(17)15(16)18/h4-5,10H,3,6-9H2,1-2H3. The van der Waals surface area contributed by atoms with Crippen molar-refractivity contribution >= 4 is 17.4 Å². The lowest BCUT2D eigenvalue weighted by Gasteiger charge is -2.16. The number of ether oxygens (including phenoxy) is 3. The number of Topliss-reactive ketones (excluding diaryl/α,β-unsaturated/α-hetero) is 1. The molecule has 0 aromatic heterocycles. The summed E-state index contributed by atoms with van der Waals surface area (Å²) in [6.07, 6.45) is 0.661. The highest BCUT2D eigenvalue weighted by Gasteiger charge is 2.35. The topological polar surface area (TPSA) is 65.1 Å². The highest BCUT2D eigenvalue weighted by Crippen LogP contribution is 2.31. The fraction of sp³-hybridized carbons (Fsp3) is 0.467. The third kappa shape index (κ3) is 3.40. The van der Waals surface area contributed by atoms with Gasteiger partial charge in [0.1, 0.15) is 5.75 Å². The Morgan fingerprint density at radius 3 is 2.62 bits per heavy atom. The SMILES string of the molecule is COCCOCCCN1C(=O)C(=O)c2cc(OC)ccc21. The molecule has 2 rings (SSSR count). The van der Waals surface area contributed by atoms with Crippen molar-refractivity contribution in [2.45, 2.75) is 6.42 Å². The van der Waals surface area contributed by atoms with E-state index in [-0.39, 0.29) is 0 Å². The van der Waals surface area contributed by atoms with Crippen LogP contribution in [0, 0.1) is 0 Å². The van der Waals surface area contributed by atoms with Crippen LogP contribution >= 0.6 is 0 Å². The molecule has 0 unspecified atom stereocenters. The third-order valence-electron chi connectivity index (χ3n) is 3.28.